The summed E-state index contributed by atoms with van der Waals surface area (Å²) in [5.74, 6) is 1.60. The van der Waals surface area contributed by atoms with Gasteiger partial charge in [0, 0.05) is 31.5 Å². The first-order valence-corrected chi connectivity index (χ1v) is 9.63. The van der Waals surface area contributed by atoms with Gasteiger partial charge in [-0.25, -0.2) is 14.6 Å². The molecule has 1 aliphatic rings. The Bertz CT molecular complexity index is 912. The van der Waals surface area contributed by atoms with E-state index in [1.807, 2.05) is 55.6 Å². The number of carbonyl (C=O) groups excluding carboxylic acids is 1. The van der Waals surface area contributed by atoms with Crippen LogP contribution in [0.4, 0.5) is 5.82 Å². The van der Waals surface area contributed by atoms with Crippen molar-refractivity contribution >= 4 is 11.7 Å². The van der Waals surface area contributed by atoms with Crippen LogP contribution in [0.3, 0.4) is 0 Å². The monoisotopic (exact) mass is 376 g/mol. The van der Waals surface area contributed by atoms with Crippen molar-refractivity contribution in [2.45, 2.75) is 25.8 Å². The lowest BCUT2D eigenvalue weighted by atomic mass is 9.96. The third kappa shape index (κ3) is 4.03. The van der Waals surface area contributed by atoms with Crippen molar-refractivity contribution in [3.05, 3.63) is 66.7 Å². The van der Waals surface area contributed by atoms with Crippen molar-refractivity contribution in [2.24, 2.45) is 5.92 Å². The fourth-order valence-corrected chi connectivity index (χ4v) is 3.60. The number of hydrogen-bond acceptors (Lipinski definition) is 5. The van der Waals surface area contributed by atoms with E-state index >= 15 is 0 Å². The van der Waals surface area contributed by atoms with Gasteiger partial charge in [-0.05, 0) is 31.4 Å². The molecular weight excluding hydrogens is 352 g/mol. The number of hydrogen-bond donors (Lipinski definition) is 1. The summed E-state index contributed by atoms with van der Waals surface area (Å²) in [6, 6.07) is 13.8. The first kappa shape index (κ1) is 18.2. The van der Waals surface area contributed by atoms with Crippen LogP contribution >= 0.6 is 0 Å². The number of rotatable bonds is 5. The predicted molar refractivity (Wildman–Crippen MR) is 107 cm³/mol. The van der Waals surface area contributed by atoms with E-state index in [0.717, 1.165) is 36.6 Å². The number of benzene rings is 1. The molecule has 0 bridgehead atoms. The first-order valence-electron chi connectivity index (χ1n) is 9.63. The molecule has 7 heteroatoms. The quantitative estimate of drug-likeness (QED) is 0.741. The normalized spacial score (nSPS) is 17.9. The second-order valence-corrected chi connectivity index (χ2v) is 7.11. The molecule has 1 aliphatic heterocycles. The fraction of sp³-hybridized carbons (Fsp3) is 0.333. The minimum absolute atomic E-state index is 0.00505. The number of aromatic nitrogens is 4. The van der Waals surface area contributed by atoms with Crippen LogP contribution in [0.15, 0.2) is 61.2 Å². The highest BCUT2D eigenvalue weighted by atomic mass is 16.2. The average molecular weight is 376 g/mol. The summed E-state index contributed by atoms with van der Waals surface area (Å²) in [6.45, 7) is 3.56. The number of anilines is 1. The van der Waals surface area contributed by atoms with E-state index in [2.05, 4.69) is 25.3 Å². The van der Waals surface area contributed by atoms with Crippen LogP contribution in [-0.4, -0.2) is 38.7 Å². The largest absolute Gasteiger partial charge is 0.356 e. The second kappa shape index (κ2) is 8.21. The predicted octanol–water partition coefficient (Wildman–Crippen LogP) is 2.76. The van der Waals surface area contributed by atoms with Crippen LogP contribution in [0.5, 0.6) is 0 Å². The third-order valence-electron chi connectivity index (χ3n) is 5.15. The summed E-state index contributed by atoms with van der Waals surface area (Å²) in [7, 11) is 0. The molecule has 0 spiro atoms. The molecule has 0 unspecified atom stereocenters. The molecule has 0 aliphatic carbocycles. The smallest absolute Gasteiger partial charge is 0.225 e. The van der Waals surface area contributed by atoms with Crippen LogP contribution < -0.4 is 10.2 Å². The van der Waals surface area contributed by atoms with E-state index in [9.17, 15) is 4.79 Å². The third-order valence-corrected chi connectivity index (χ3v) is 5.15. The molecule has 1 N–H and O–H groups in total. The van der Waals surface area contributed by atoms with Gasteiger partial charge in [0.15, 0.2) is 5.82 Å². The Morgan fingerprint density at radius 2 is 2.00 bits per heavy atom. The number of carbonyl (C=O) groups is 1. The Kier molecular flexibility index (Phi) is 5.32. The van der Waals surface area contributed by atoms with Gasteiger partial charge in [0.1, 0.15) is 12.1 Å². The van der Waals surface area contributed by atoms with Gasteiger partial charge >= 0.3 is 0 Å². The van der Waals surface area contributed by atoms with Crippen LogP contribution in [0, 0.1) is 5.92 Å². The lowest BCUT2D eigenvalue weighted by Crippen LogP contribution is -2.44. The molecule has 1 aromatic carbocycles. The van der Waals surface area contributed by atoms with Gasteiger partial charge in [0.2, 0.25) is 5.91 Å². The molecule has 1 saturated heterocycles. The molecule has 7 nitrogen and oxygen atoms in total. The molecule has 1 fully saturated rings. The Balaban J connectivity index is 1.43. The molecule has 2 atom stereocenters. The molecule has 1 amide bonds. The standard InChI is InChI=1S/C21H24N6O/c1-16(17-7-3-2-4-8-17)25-21(28)18-9-5-11-26(14-18)19-13-20(23-15-22-19)27-12-6-10-24-27/h2-4,6-8,10,12-13,15-16,18H,5,9,11,14H2,1H3,(H,25,28)/t16-,18+/m0/s1. The van der Waals surface area contributed by atoms with Crippen molar-refractivity contribution in [1.29, 1.82) is 0 Å². The highest BCUT2D eigenvalue weighted by Crippen LogP contribution is 2.23. The van der Waals surface area contributed by atoms with Crippen LogP contribution in [0.2, 0.25) is 0 Å². The minimum atomic E-state index is -0.0527. The highest BCUT2D eigenvalue weighted by molar-refractivity contribution is 5.80. The minimum Gasteiger partial charge on any atom is -0.356 e. The summed E-state index contributed by atoms with van der Waals surface area (Å²) in [4.78, 5) is 23.7. The summed E-state index contributed by atoms with van der Waals surface area (Å²) >= 11 is 0. The van der Waals surface area contributed by atoms with Gasteiger partial charge in [-0.2, -0.15) is 5.10 Å². The van der Waals surface area contributed by atoms with Crippen molar-refractivity contribution < 1.29 is 4.79 Å². The van der Waals surface area contributed by atoms with E-state index in [4.69, 9.17) is 0 Å². The van der Waals surface area contributed by atoms with Crippen molar-refractivity contribution in [3.63, 3.8) is 0 Å². The molecular formula is C21H24N6O. The maximum atomic E-state index is 12.8. The molecule has 2 aromatic heterocycles. The summed E-state index contributed by atoms with van der Waals surface area (Å²) in [5, 5.41) is 7.38. The molecule has 0 radical (unpaired) electrons. The van der Waals surface area contributed by atoms with Crippen LogP contribution in [0.25, 0.3) is 5.82 Å². The van der Waals surface area contributed by atoms with E-state index in [1.54, 1.807) is 17.2 Å². The second-order valence-electron chi connectivity index (χ2n) is 7.11. The van der Waals surface area contributed by atoms with Crippen molar-refractivity contribution in [1.82, 2.24) is 25.1 Å². The Morgan fingerprint density at radius 3 is 2.79 bits per heavy atom. The molecule has 4 rings (SSSR count). The number of nitrogens with one attached hydrogen (secondary N) is 1. The maximum absolute atomic E-state index is 12.8. The van der Waals surface area contributed by atoms with Crippen LogP contribution in [0.1, 0.15) is 31.4 Å². The average Bonchev–Trinajstić information content (AvgIpc) is 3.29. The van der Waals surface area contributed by atoms with Crippen LogP contribution in [-0.2, 0) is 4.79 Å². The van der Waals surface area contributed by atoms with E-state index in [1.165, 1.54) is 0 Å². The first-order chi connectivity index (χ1) is 13.7. The van der Waals surface area contributed by atoms with E-state index in [-0.39, 0.29) is 17.9 Å². The van der Waals surface area contributed by atoms with Gasteiger partial charge in [0.25, 0.3) is 0 Å². The van der Waals surface area contributed by atoms with E-state index < -0.39 is 0 Å². The fourth-order valence-electron chi connectivity index (χ4n) is 3.60. The lowest BCUT2D eigenvalue weighted by Gasteiger charge is -2.33. The maximum Gasteiger partial charge on any atom is 0.225 e. The number of piperidine rings is 1. The van der Waals surface area contributed by atoms with Crippen molar-refractivity contribution in [3.8, 4) is 5.82 Å². The topological polar surface area (TPSA) is 75.9 Å². The highest BCUT2D eigenvalue weighted by Gasteiger charge is 2.27. The van der Waals surface area contributed by atoms with Gasteiger partial charge in [-0.15, -0.1) is 0 Å². The molecule has 28 heavy (non-hydrogen) atoms. The van der Waals surface area contributed by atoms with Gasteiger partial charge in [-0.1, -0.05) is 30.3 Å². The summed E-state index contributed by atoms with van der Waals surface area (Å²) in [5.41, 5.74) is 1.11. The lowest BCUT2D eigenvalue weighted by molar-refractivity contribution is -0.125. The molecule has 144 valence electrons. The van der Waals surface area contributed by atoms with E-state index in [0.29, 0.717) is 6.54 Å². The van der Waals surface area contributed by atoms with Gasteiger partial charge < -0.3 is 10.2 Å². The summed E-state index contributed by atoms with van der Waals surface area (Å²) < 4.78 is 1.71. The zero-order valence-corrected chi connectivity index (χ0v) is 15.9. The Hall–Kier alpha value is -3.22. The number of amides is 1. The van der Waals surface area contributed by atoms with Gasteiger partial charge in [0.05, 0.1) is 12.0 Å². The SMILES string of the molecule is C[C@H](NC(=O)[C@@H]1CCCN(c2cc(-n3cccn3)ncn2)C1)c1ccccc1. The Labute approximate surface area is 164 Å². The molecule has 3 heterocycles. The Morgan fingerprint density at radius 1 is 1.18 bits per heavy atom. The summed E-state index contributed by atoms with van der Waals surface area (Å²) in [6.07, 6.45) is 6.97. The van der Waals surface area contributed by atoms with Gasteiger partial charge in [-0.3, -0.25) is 4.79 Å². The van der Waals surface area contributed by atoms with Crippen molar-refractivity contribution in [2.75, 3.05) is 18.0 Å². The molecule has 3 aromatic rings. The molecule has 0 saturated carbocycles. The zero-order chi connectivity index (χ0) is 19.3. The zero-order valence-electron chi connectivity index (χ0n) is 15.9. The number of nitrogens with zero attached hydrogens (tertiary/aromatic N) is 5.